The van der Waals surface area contributed by atoms with Gasteiger partial charge in [-0.25, -0.2) is 9.97 Å². The van der Waals surface area contributed by atoms with E-state index in [-0.39, 0.29) is 0 Å². The molecule has 3 heterocycles. The van der Waals surface area contributed by atoms with Crippen molar-refractivity contribution in [1.82, 2.24) is 19.9 Å². The van der Waals surface area contributed by atoms with Gasteiger partial charge in [-0.2, -0.15) is 0 Å². The number of rotatable bonds is 2. The average molecular weight is 254 g/mol. The SMILES string of the molecule is Cc1ncc2c(n1)CN([C@@H](C)c1cccnc1)CC2. The molecule has 0 saturated carbocycles. The Morgan fingerprint density at radius 3 is 3.00 bits per heavy atom. The predicted molar refractivity (Wildman–Crippen MR) is 73.5 cm³/mol. The lowest BCUT2D eigenvalue weighted by atomic mass is 10.0. The van der Waals surface area contributed by atoms with E-state index in [0.29, 0.717) is 6.04 Å². The second kappa shape index (κ2) is 5.05. The van der Waals surface area contributed by atoms with Gasteiger partial charge >= 0.3 is 0 Å². The standard InChI is InChI=1S/C15H18N4/c1-11(13-4-3-6-16-8-13)19-7-5-14-9-17-12(2)18-15(14)10-19/h3-4,6,8-9,11H,5,7,10H2,1-2H3/t11-/m0/s1. The lowest BCUT2D eigenvalue weighted by Crippen LogP contribution is -2.33. The second-order valence-electron chi connectivity index (χ2n) is 5.07. The summed E-state index contributed by atoms with van der Waals surface area (Å²) in [6.07, 6.45) is 6.77. The summed E-state index contributed by atoms with van der Waals surface area (Å²) in [7, 11) is 0. The minimum atomic E-state index is 0.372. The summed E-state index contributed by atoms with van der Waals surface area (Å²) in [6, 6.07) is 4.51. The van der Waals surface area contributed by atoms with Crippen LogP contribution in [0.25, 0.3) is 0 Å². The Balaban J connectivity index is 1.82. The molecule has 98 valence electrons. The van der Waals surface area contributed by atoms with Crippen molar-refractivity contribution in [1.29, 1.82) is 0 Å². The van der Waals surface area contributed by atoms with Crippen LogP contribution in [0.15, 0.2) is 30.7 Å². The first-order valence-electron chi connectivity index (χ1n) is 6.69. The van der Waals surface area contributed by atoms with E-state index in [4.69, 9.17) is 0 Å². The topological polar surface area (TPSA) is 41.9 Å². The quantitative estimate of drug-likeness (QED) is 0.824. The Labute approximate surface area is 113 Å². The Morgan fingerprint density at radius 2 is 2.21 bits per heavy atom. The molecular weight excluding hydrogens is 236 g/mol. The summed E-state index contributed by atoms with van der Waals surface area (Å²) < 4.78 is 0. The summed E-state index contributed by atoms with van der Waals surface area (Å²) in [5, 5.41) is 0. The lowest BCUT2D eigenvalue weighted by molar-refractivity contribution is 0.188. The molecule has 3 rings (SSSR count). The van der Waals surface area contributed by atoms with Crippen LogP contribution in [0.1, 0.15) is 35.6 Å². The van der Waals surface area contributed by atoms with Gasteiger partial charge in [-0.15, -0.1) is 0 Å². The average Bonchev–Trinajstić information content (AvgIpc) is 2.46. The minimum absolute atomic E-state index is 0.372. The van der Waals surface area contributed by atoms with Gasteiger partial charge in [-0.05, 0) is 37.5 Å². The zero-order valence-electron chi connectivity index (χ0n) is 11.4. The summed E-state index contributed by atoms with van der Waals surface area (Å²) >= 11 is 0. The highest BCUT2D eigenvalue weighted by molar-refractivity contribution is 5.22. The van der Waals surface area contributed by atoms with Gasteiger partial charge in [0.25, 0.3) is 0 Å². The van der Waals surface area contributed by atoms with Crippen LogP contribution >= 0.6 is 0 Å². The fourth-order valence-corrected chi connectivity index (χ4v) is 2.59. The molecule has 2 aromatic heterocycles. The highest BCUT2D eigenvalue weighted by Crippen LogP contribution is 2.25. The van der Waals surface area contributed by atoms with E-state index in [0.717, 1.165) is 25.3 Å². The molecule has 0 saturated heterocycles. The van der Waals surface area contributed by atoms with Crippen LogP contribution < -0.4 is 0 Å². The molecule has 0 spiro atoms. The maximum atomic E-state index is 4.57. The maximum absolute atomic E-state index is 4.57. The molecule has 0 unspecified atom stereocenters. The Hall–Kier alpha value is -1.81. The maximum Gasteiger partial charge on any atom is 0.125 e. The van der Waals surface area contributed by atoms with Crippen molar-refractivity contribution >= 4 is 0 Å². The fraction of sp³-hybridized carbons (Fsp3) is 0.400. The van der Waals surface area contributed by atoms with Crippen molar-refractivity contribution in [2.45, 2.75) is 32.9 Å². The van der Waals surface area contributed by atoms with E-state index in [9.17, 15) is 0 Å². The van der Waals surface area contributed by atoms with Crippen LogP contribution in [0.4, 0.5) is 0 Å². The Morgan fingerprint density at radius 1 is 1.32 bits per heavy atom. The summed E-state index contributed by atoms with van der Waals surface area (Å²) in [6.45, 7) is 6.13. The first-order chi connectivity index (χ1) is 9.24. The monoisotopic (exact) mass is 254 g/mol. The fourth-order valence-electron chi connectivity index (χ4n) is 2.59. The zero-order chi connectivity index (χ0) is 13.2. The first kappa shape index (κ1) is 12.2. The van der Waals surface area contributed by atoms with E-state index >= 15 is 0 Å². The molecule has 0 amide bonds. The van der Waals surface area contributed by atoms with Gasteiger partial charge in [0, 0.05) is 37.7 Å². The van der Waals surface area contributed by atoms with Crippen molar-refractivity contribution in [3.63, 3.8) is 0 Å². The molecule has 0 N–H and O–H groups in total. The summed E-state index contributed by atoms with van der Waals surface area (Å²) in [5.74, 6) is 0.856. The number of aromatic nitrogens is 3. The second-order valence-corrected chi connectivity index (χ2v) is 5.07. The molecule has 0 fully saturated rings. The van der Waals surface area contributed by atoms with E-state index < -0.39 is 0 Å². The van der Waals surface area contributed by atoms with E-state index in [1.165, 1.54) is 16.8 Å². The van der Waals surface area contributed by atoms with Crippen LogP contribution in [0.2, 0.25) is 0 Å². The Kier molecular flexibility index (Phi) is 3.25. The molecule has 4 heteroatoms. The van der Waals surface area contributed by atoms with Crippen molar-refractivity contribution in [2.24, 2.45) is 0 Å². The van der Waals surface area contributed by atoms with E-state index in [1.54, 1.807) is 0 Å². The molecule has 0 aromatic carbocycles. The highest BCUT2D eigenvalue weighted by Gasteiger charge is 2.22. The van der Waals surface area contributed by atoms with Crippen LogP contribution in [-0.2, 0) is 13.0 Å². The number of fused-ring (bicyclic) bond motifs is 1. The number of aryl methyl sites for hydroxylation is 1. The predicted octanol–water partition coefficient (Wildman–Crippen LogP) is 2.30. The molecule has 19 heavy (non-hydrogen) atoms. The molecular formula is C15H18N4. The van der Waals surface area contributed by atoms with Crippen LogP contribution in [0.5, 0.6) is 0 Å². The van der Waals surface area contributed by atoms with Gasteiger partial charge < -0.3 is 0 Å². The molecule has 1 aliphatic rings. The third kappa shape index (κ3) is 2.49. The summed E-state index contributed by atoms with van der Waals surface area (Å²) in [5.41, 5.74) is 3.73. The molecule has 2 aromatic rings. The number of hydrogen-bond acceptors (Lipinski definition) is 4. The van der Waals surface area contributed by atoms with Gasteiger partial charge in [0.15, 0.2) is 0 Å². The van der Waals surface area contributed by atoms with Crippen molar-refractivity contribution in [3.8, 4) is 0 Å². The van der Waals surface area contributed by atoms with Crippen LogP contribution in [-0.4, -0.2) is 26.4 Å². The van der Waals surface area contributed by atoms with Crippen molar-refractivity contribution in [2.75, 3.05) is 6.54 Å². The summed E-state index contributed by atoms with van der Waals surface area (Å²) in [4.78, 5) is 15.5. The zero-order valence-corrected chi connectivity index (χ0v) is 11.4. The number of pyridine rings is 1. The first-order valence-corrected chi connectivity index (χ1v) is 6.69. The largest absolute Gasteiger partial charge is 0.290 e. The minimum Gasteiger partial charge on any atom is -0.290 e. The number of nitrogens with zero attached hydrogens (tertiary/aromatic N) is 4. The smallest absolute Gasteiger partial charge is 0.125 e. The third-order valence-corrected chi connectivity index (χ3v) is 3.81. The molecule has 0 radical (unpaired) electrons. The molecule has 4 nitrogen and oxygen atoms in total. The molecule has 0 bridgehead atoms. The molecule has 1 atom stereocenters. The van der Waals surface area contributed by atoms with E-state index in [2.05, 4.69) is 32.8 Å². The normalized spacial score (nSPS) is 16.9. The molecule has 0 aliphatic carbocycles. The van der Waals surface area contributed by atoms with Crippen LogP contribution in [0.3, 0.4) is 0 Å². The third-order valence-electron chi connectivity index (χ3n) is 3.81. The van der Waals surface area contributed by atoms with Crippen molar-refractivity contribution in [3.05, 3.63) is 53.4 Å². The highest BCUT2D eigenvalue weighted by atomic mass is 15.2. The van der Waals surface area contributed by atoms with Gasteiger partial charge in [0.05, 0.1) is 5.69 Å². The van der Waals surface area contributed by atoms with Gasteiger partial charge in [-0.1, -0.05) is 6.07 Å². The van der Waals surface area contributed by atoms with E-state index in [1.807, 2.05) is 31.6 Å². The lowest BCUT2D eigenvalue weighted by Gasteiger charge is -2.33. The van der Waals surface area contributed by atoms with Crippen molar-refractivity contribution < 1.29 is 0 Å². The Bertz CT molecular complexity index is 568. The van der Waals surface area contributed by atoms with Gasteiger partial charge in [0.2, 0.25) is 0 Å². The molecule has 1 aliphatic heterocycles. The van der Waals surface area contributed by atoms with Gasteiger partial charge in [0.1, 0.15) is 5.82 Å². The van der Waals surface area contributed by atoms with Crippen LogP contribution in [0, 0.1) is 6.92 Å². The van der Waals surface area contributed by atoms with Gasteiger partial charge in [-0.3, -0.25) is 9.88 Å². The number of hydrogen-bond donors (Lipinski definition) is 0.